The Morgan fingerprint density at radius 1 is 1.17 bits per heavy atom. The van der Waals surface area contributed by atoms with Crippen LogP contribution in [-0.2, 0) is 26.6 Å². The van der Waals surface area contributed by atoms with Gasteiger partial charge in [0.25, 0.3) is 5.91 Å². The minimum absolute atomic E-state index is 0.0324. The third-order valence-electron chi connectivity index (χ3n) is 4.18. The first-order valence-electron chi connectivity index (χ1n) is 9.06. The molecule has 0 saturated heterocycles. The highest BCUT2D eigenvalue weighted by atomic mass is 32.2. The second-order valence-electron chi connectivity index (χ2n) is 7.01. The lowest BCUT2D eigenvalue weighted by Gasteiger charge is -2.14. The van der Waals surface area contributed by atoms with Crippen molar-refractivity contribution in [3.05, 3.63) is 41.2 Å². The minimum Gasteiger partial charge on any atom is -0.449 e. The van der Waals surface area contributed by atoms with Crippen molar-refractivity contribution in [2.45, 2.75) is 51.7 Å². The highest BCUT2D eigenvalue weighted by Gasteiger charge is 2.23. The molecule has 0 aliphatic rings. The van der Waals surface area contributed by atoms with E-state index >= 15 is 0 Å². The Balaban J connectivity index is 2.11. The topological polar surface area (TPSA) is 119 Å². The average molecular weight is 423 g/mol. The summed E-state index contributed by atoms with van der Waals surface area (Å²) >= 11 is 0. The van der Waals surface area contributed by atoms with Crippen molar-refractivity contribution in [1.29, 1.82) is 0 Å². The fourth-order valence-electron chi connectivity index (χ4n) is 2.63. The van der Waals surface area contributed by atoms with Crippen molar-refractivity contribution in [3.8, 4) is 0 Å². The lowest BCUT2D eigenvalue weighted by molar-refractivity contribution is -0.123. The van der Waals surface area contributed by atoms with Gasteiger partial charge >= 0.3 is 5.97 Å². The van der Waals surface area contributed by atoms with Crippen LogP contribution in [0.3, 0.4) is 0 Å². The summed E-state index contributed by atoms with van der Waals surface area (Å²) < 4.78 is 33.9. The summed E-state index contributed by atoms with van der Waals surface area (Å²) in [6.45, 7) is 8.40. The zero-order chi connectivity index (χ0) is 21.9. The highest BCUT2D eigenvalue weighted by molar-refractivity contribution is 7.89. The van der Waals surface area contributed by atoms with Crippen LogP contribution in [0.5, 0.6) is 0 Å². The molecule has 1 aromatic heterocycles. The molecule has 0 spiro atoms. The third-order valence-corrected chi connectivity index (χ3v) is 5.84. The molecular formula is C19H26N4O5S. The maximum Gasteiger partial charge on any atom is 0.338 e. The number of carbonyl (C=O) groups excluding carboxylic acids is 2. The van der Waals surface area contributed by atoms with Gasteiger partial charge in [0.15, 0.2) is 6.10 Å². The molecule has 2 N–H and O–H groups in total. The lowest BCUT2D eigenvalue weighted by atomic mass is 10.2. The number of aryl methyl sites for hydroxylation is 2. The van der Waals surface area contributed by atoms with E-state index in [1.54, 1.807) is 32.5 Å². The lowest BCUT2D eigenvalue weighted by Crippen LogP contribution is -2.31. The number of hydrogen-bond acceptors (Lipinski definition) is 6. The van der Waals surface area contributed by atoms with E-state index in [1.807, 2.05) is 6.92 Å². The molecule has 1 atom stereocenters. The predicted octanol–water partition coefficient (Wildman–Crippen LogP) is 1.91. The SMILES string of the molecule is Cc1nn(C)c(C)c1NC(=O)C(C)OC(=O)c1cccc(S(=O)(=O)NC(C)C)c1. The van der Waals surface area contributed by atoms with Gasteiger partial charge < -0.3 is 10.1 Å². The van der Waals surface area contributed by atoms with Gasteiger partial charge in [0.2, 0.25) is 10.0 Å². The number of benzene rings is 1. The first-order chi connectivity index (χ1) is 13.4. The van der Waals surface area contributed by atoms with Crippen LogP contribution in [0.1, 0.15) is 42.5 Å². The molecular weight excluding hydrogens is 396 g/mol. The Morgan fingerprint density at radius 3 is 2.38 bits per heavy atom. The van der Waals surface area contributed by atoms with Gasteiger partial charge in [-0.2, -0.15) is 5.10 Å². The van der Waals surface area contributed by atoms with E-state index in [2.05, 4.69) is 15.1 Å². The van der Waals surface area contributed by atoms with Gasteiger partial charge in [-0.15, -0.1) is 0 Å². The van der Waals surface area contributed by atoms with E-state index in [4.69, 9.17) is 4.74 Å². The van der Waals surface area contributed by atoms with Gasteiger partial charge in [-0.1, -0.05) is 6.07 Å². The van der Waals surface area contributed by atoms with Crippen molar-refractivity contribution in [3.63, 3.8) is 0 Å². The number of rotatable bonds is 7. The van der Waals surface area contributed by atoms with Gasteiger partial charge in [-0.05, 0) is 52.8 Å². The second-order valence-corrected chi connectivity index (χ2v) is 8.72. The Kier molecular flexibility index (Phi) is 6.81. The fourth-order valence-corrected chi connectivity index (χ4v) is 3.93. The first kappa shape index (κ1) is 22.6. The summed E-state index contributed by atoms with van der Waals surface area (Å²) in [4.78, 5) is 24.8. The summed E-state index contributed by atoms with van der Waals surface area (Å²) in [5.74, 6) is -1.31. The molecule has 0 bridgehead atoms. The summed E-state index contributed by atoms with van der Waals surface area (Å²) in [6, 6.07) is 5.17. The molecule has 0 fully saturated rings. The number of nitrogens with zero attached hydrogens (tertiary/aromatic N) is 2. The highest BCUT2D eigenvalue weighted by Crippen LogP contribution is 2.19. The maximum absolute atomic E-state index is 12.4. The molecule has 1 aromatic carbocycles. The molecule has 9 nitrogen and oxygen atoms in total. The molecule has 158 valence electrons. The normalized spacial score (nSPS) is 12.7. The van der Waals surface area contributed by atoms with Crippen molar-refractivity contribution in [1.82, 2.24) is 14.5 Å². The van der Waals surface area contributed by atoms with Crippen LogP contribution >= 0.6 is 0 Å². The summed E-state index contributed by atoms with van der Waals surface area (Å²) in [5.41, 5.74) is 2.01. The van der Waals surface area contributed by atoms with Gasteiger partial charge in [0.1, 0.15) is 0 Å². The van der Waals surface area contributed by atoms with E-state index in [0.717, 1.165) is 5.69 Å². The van der Waals surface area contributed by atoms with Crippen LogP contribution in [0.2, 0.25) is 0 Å². The zero-order valence-electron chi connectivity index (χ0n) is 17.3. The van der Waals surface area contributed by atoms with Crippen molar-refractivity contribution in [2.24, 2.45) is 7.05 Å². The van der Waals surface area contributed by atoms with Crippen LogP contribution in [0, 0.1) is 13.8 Å². The number of aromatic nitrogens is 2. The van der Waals surface area contributed by atoms with E-state index in [1.165, 1.54) is 31.2 Å². The van der Waals surface area contributed by atoms with Crippen molar-refractivity contribution >= 4 is 27.6 Å². The van der Waals surface area contributed by atoms with Crippen LogP contribution in [0.4, 0.5) is 5.69 Å². The number of amides is 1. The molecule has 2 aromatic rings. The molecule has 0 saturated carbocycles. The Labute approximate surface area is 170 Å². The van der Waals surface area contributed by atoms with Crippen molar-refractivity contribution in [2.75, 3.05) is 5.32 Å². The van der Waals surface area contributed by atoms with Crippen LogP contribution in [0.25, 0.3) is 0 Å². The smallest absolute Gasteiger partial charge is 0.338 e. The zero-order valence-corrected chi connectivity index (χ0v) is 18.1. The van der Waals surface area contributed by atoms with E-state index < -0.39 is 28.0 Å². The van der Waals surface area contributed by atoms with Gasteiger partial charge in [-0.3, -0.25) is 9.48 Å². The molecule has 1 heterocycles. The average Bonchev–Trinajstić information content (AvgIpc) is 2.86. The van der Waals surface area contributed by atoms with E-state index in [-0.39, 0.29) is 16.5 Å². The Hall–Kier alpha value is -2.72. The quantitative estimate of drug-likeness (QED) is 0.658. The summed E-state index contributed by atoms with van der Waals surface area (Å²) in [5, 5.41) is 6.92. The molecule has 29 heavy (non-hydrogen) atoms. The van der Waals surface area contributed by atoms with E-state index in [9.17, 15) is 18.0 Å². The number of nitrogens with one attached hydrogen (secondary N) is 2. The predicted molar refractivity (Wildman–Crippen MR) is 108 cm³/mol. The number of ether oxygens (including phenoxy) is 1. The standard InChI is InChI=1S/C19H26N4O5S/c1-11(2)22-29(26,27)16-9-7-8-15(10-16)19(25)28-14(5)18(24)20-17-12(3)21-23(6)13(17)4/h7-11,14,22H,1-6H3,(H,20,24). The van der Waals surface area contributed by atoms with E-state index in [0.29, 0.717) is 11.4 Å². The number of hydrogen-bond donors (Lipinski definition) is 2. The molecule has 1 amide bonds. The fraction of sp³-hybridized carbons (Fsp3) is 0.421. The number of sulfonamides is 1. The Morgan fingerprint density at radius 2 is 1.83 bits per heavy atom. The maximum atomic E-state index is 12.4. The van der Waals surface area contributed by atoms with Crippen molar-refractivity contribution < 1.29 is 22.7 Å². The molecule has 0 aliphatic carbocycles. The van der Waals surface area contributed by atoms with Crippen LogP contribution < -0.4 is 10.0 Å². The minimum atomic E-state index is -3.75. The molecule has 1 unspecified atom stereocenters. The van der Waals surface area contributed by atoms with Crippen LogP contribution in [0.15, 0.2) is 29.2 Å². The van der Waals surface area contributed by atoms with Gasteiger partial charge in [-0.25, -0.2) is 17.9 Å². The summed E-state index contributed by atoms with van der Waals surface area (Å²) in [6.07, 6.45) is -1.09. The largest absolute Gasteiger partial charge is 0.449 e. The summed E-state index contributed by atoms with van der Waals surface area (Å²) in [7, 11) is -1.99. The van der Waals surface area contributed by atoms with Gasteiger partial charge in [0.05, 0.1) is 27.5 Å². The molecule has 0 aliphatic heterocycles. The van der Waals surface area contributed by atoms with Gasteiger partial charge in [0, 0.05) is 13.1 Å². The first-order valence-corrected chi connectivity index (χ1v) is 10.5. The Bertz CT molecular complexity index is 1030. The molecule has 10 heteroatoms. The molecule has 0 radical (unpaired) electrons. The molecule has 2 rings (SSSR count). The second kappa shape index (κ2) is 8.75. The number of esters is 1. The van der Waals surface area contributed by atoms with Crippen LogP contribution in [-0.4, -0.2) is 42.2 Å². The monoisotopic (exact) mass is 422 g/mol. The third kappa shape index (κ3) is 5.42. The number of carbonyl (C=O) groups is 2. The number of anilines is 1.